The summed E-state index contributed by atoms with van der Waals surface area (Å²) in [6.07, 6.45) is 8.14. The Kier molecular flexibility index (Phi) is 8.18. The molecule has 0 spiro atoms. The zero-order valence-electron chi connectivity index (χ0n) is 19.4. The summed E-state index contributed by atoms with van der Waals surface area (Å²) in [5.74, 6) is 0.734. The van der Waals surface area contributed by atoms with Crippen LogP contribution in [0.25, 0.3) is 6.08 Å². The Morgan fingerprint density at radius 2 is 1.84 bits per heavy atom. The number of carbonyl (C=O) groups excluding carboxylic acids is 1. The monoisotopic (exact) mass is 472 g/mol. The smallest absolute Gasteiger partial charge is 0.270 e. The van der Waals surface area contributed by atoms with E-state index in [1.54, 1.807) is 9.47 Å². The number of anilines is 1. The summed E-state index contributed by atoms with van der Waals surface area (Å²) >= 11 is 6.75. The van der Waals surface area contributed by atoms with Gasteiger partial charge in [0.2, 0.25) is 0 Å². The second-order valence-corrected chi connectivity index (χ2v) is 10.4. The first-order valence-electron chi connectivity index (χ1n) is 11.5. The number of thiocarbonyl (C=S) groups is 1. The Hall–Kier alpha value is -2.11. The minimum Gasteiger partial charge on any atom is -0.357 e. The molecule has 1 aromatic rings. The number of carbonyl (C=O) groups is 1. The van der Waals surface area contributed by atoms with Crippen LogP contribution in [0.1, 0.15) is 76.0 Å². The van der Waals surface area contributed by atoms with Crippen molar-refractivity contribution in [2.45, 2.75) is 78.8 Å². The lowest BCUT2D eigenvalue weighted by Gasteiger charge is -2.29. The van der Waals surface area contributed by atoms with E-state index < -0.39 is 0 Å². The van der Waals surface area contributed by atoms with E-state index in [-0.39, 0.29) is 23.1 Å². The van der Waals surface area contributed by atoms with Crippen molar-refractivity contribution in [2.24, 2.45) is 0 Å². The average Bonchev–Trinajstić information content (AvgIpc) is 2.91. The molecule has 32 heavy (non-hydrogen) atoms. The van der Waals surface area contributed by atoms with Gasteiger partial charge < -0.3 is 4.90 Å². The van der Waals surface area contributed by atoms with Gasteiger partial charge in [-0.1, -0.05) is 50.2 Å². The fourth-order valence-electron chi connectivity index (χ4n) is 4.35. The quantitative estimate of drug-likeness (QED) is 0.437. The maximum Gasteiger partial charge on any atom is 0.270 e. The normalized spacial score (nSPS) is 18.6. The Morgan fingerprint density at radius 1 is 1.19 bits per heavy atom. The molecule has 8 heteroatoms. The summed E-state index contributed by atoms with van der Waals surface area (Å²) in [5.41, 5.74) is 1.36. The number of nitrogens with zero attached hydrogens (tertiary/aromatic N) is 4. The number of rotatable bonds is 6. The van der Waals surface area contributed by atoms with Crippen molar-refractivity contribution in [3.63, 3.8) is 0 Å². The van der Waals surface area contributed by atoms with Gasteiger partial charge in [-0.15, -0.1) is 0 Å². The van der Waals surface area contributed by atoms with E-state index >= 15 is 0 Å². The van der Waals surface area contributed by atoms with Crippen molar-refractivity contribution in [3.05, 3.63) is 31.9 Å². The number of pyridine rings is 1. The molecule has 3 heterocycles. The lowest BCUT2D eigenvalue weighted by Crippen LogP contribution is -2.35. The molecule has 0 aromatic carbocycles. The van der Waals surface area contributed by atoms with Crippen LogP contribution in [0, 0.1) is 18.3 Å². The highest BCUT2D eigenvalue weighted by atomic mass is 32.2. The fraction of sp³-hybridized carbons (Fsp3) is 0.583. The van der Waals surface area contributed by atoms with Gasteiger partial charge in [0, 0.05) is 31.2 Å². The van der Waals surface area contributed by atoms with E-state index in [0.29, 0.717) is 21.3 Å². The maximum atomic E-state index is 13.3. The zero-order chi connectivity index (χ0) is 23.4. The molecule has 1 aromatic heterocycles. The first kappa shape index (κ1) is 24.5. The van der Waals surface area contributed by atoms with Gasteiger partial charge in [-0.25, -0.2) is 0 Å². The van der Waals surface area contributed by atoms with E-state index in [9.17, 15) is 14.9 Å². The third-order valence-electron chi connectivity index (χ3n) is 6.10. The summed E-state index contributed by atoms with van der Waals surface area (Å²) in [4.78, 5) is 30.9. The predicted octanol–water partition coefficient (Wildman–Crippen LogP) is 4.82. The summed E-state index contributed by atoms with van der Waals surface area (Å²) in [6, 6.07) is 2.11. The molecule has 3 rings (SSSR count). The molecule has 172 valence electrons. The summed E-state index contributed by atoms with van der Waals surface area (Å²) in [6.45, 7) is 10.1. The molecule has 2 fully saturated rings. The molecule has 0 radical (unpaired) electrons. The Bertz CT molecular complexity index is 1030. The first-order valence-corrected chi connectivity index (χ1v) is 12.7. The largest absolute Gasteiger partial charge is 0.357 e. The first-order chi connectivity index (χ1) is 15.3. The molecular formula is C24H32N4O2S2. The molecule has 0 aliphatic carbocycles. The van der Waals surface area contributed by atoms with E-state index in [1.165, 1.54) is 24.6 Å². The number of thioether (sulfide) groups is 1. The van der Waals surface area contributed by atoms with Crippen LogP contribution < -0.4 is 10.5 Å². The van der Waals surface area contributed by atoms with E-state index in [4.69, 9.17) is 12.2 Å². The van der Waals surface area contributed by atoms with Gasteiger partial charge in [0.15, 0.2) is 0 Å². The van der Waals surface area contributed by atoms with E-state index in [2.05, 4.69) is 17.9 Å². The van der Waals surface area contributed by atoms with Crippen molar-refractivity contribution in [1.82, 2.24) is 9.47 Å². The van der Waals surface area contributed by atoms with Crippen LogP contribution in [0.15, 0.2) is 9.70 Å². The molecule has 2 saturated heterocycles. The van der Waals surface area contributed by atoms with Crippen LogP contribution in [0.4, 0.5) is 5.82 Å². The molecule has 2 aliphatic heterocycles. The van der Waals surface area contributed by atoms with Crippen LogP contribution in [0.2, 0.25) is 0 Å². The van der Waals surface area contributed by atoms with Crippen LogP contribution in [0.3, 0.4) is 0 Å². The second-order valence-electron chi connectivity index (χ2n) is 8.71. The molecule has 2 aliphatic rings. The van der Waals surface area contributed by atoms with Crippen molar-refractivity contribution < 1.29 is 4.79 Å². The lowest BCUT2D eigenvalue weighted by molar-refractivity contribution is -0.123. The second kappa shape index (κ2) is 10.7. The van der Waals surface area contributed by atoms with Crippen LogP contribution in [-0.4, -0.2) is 38.8 Å². The van der Waals surface area contributed by atoms with Gasteiger partial charge >= 0.3 is 0 Å². The van der Waals surface area contributed by atoms with Crippen molar-refractivity contribution >= 4 is 46.1 Å². The van der Waals surface area contributed by atoms with Gasteiger partial charge in [-0.05, 0) is 51.7 Å². The third kappa shape index (κ3) is 4.79. The molecule has 1 amide bonds. The summed E-state index contributed by atoms with van der Waals surface area (Å²) < 4.78 is 2.32. The maximum absolute atomic E-state index is 13.3. The van der Waals surface area contributed by atoms with Crippen LogP contribution in [-0.2, 0) is 11.3 Å². The standard InChI is InChI=1S/C24H32N4O2S2/c1-5-6-13-27-21(26-11-9-7-8-10-12-26)18(17(4)19(15-25)22(27)29)14-20-23(30)28(16(2)3)24(31)32-20/h14,16H,5-13H2,1-4H3/b20-14+. The molecule has 0 unspecified atom stereocenters. The van der Waals surface area contributed by atoms with E-state index in [1.807, 2.05) is 26.8 Å². The van der Waals surface area contributed by atoms with Crippen LogP contribution >= 0.6 is 24.0 Å². The minimum absolute atomic E-state index is 0.0206. The molecule has 0 bridgehead atoms. The zero-order valence-corrected chi connectivity index (χ0v) is 21.1. The number of hydrogen-bond acceptors (Lipinski definition) is 6. The van der Waals surface area contributed by atoms with Crippen molar-refractivity contribution in [1.29, 1.82) is 5.26 Å². The van der Waals surface area contributed by atoms with Crippen molar-refractivity contribution in [2.75, 3.05) is 18.0 Å². The third-order valence-corrected chi connectivity index (χ3v) is 7.43. The molecule has 6 nitrogen and oxygen atoms in total. The lowest BCUT2D eigenvalue weighted by atomic mass is 10.0. The topological polar surface area (TPSA) is 69.3 Å². The van der Waals surface area contributed by atoms with Crippen molar-refractivity contribution in [3.8, 4) is 6.07 Å². The average molecular weight is 473 g/mol. The number of nitriles is 1. The SMILES string of the molecule is CCCCn1c(N2CCCCCC2)c(/C=C2/SC(=S)N(C(C)C)C2=O)c(C)c(C#N)c1=O. The van der Waals surface area contributed by atoms with Gasteiger partial charge in [-0.3, -0.25) is 19.1 Å². The highest BCUT2D eigenvalue weighted by Gasteiger charge is 2.34. The Balaban J connectivity index is 2.26. The number of unbranched alkanes of at least 4 members (excludes halogenated alkanes) is 1. The van der Waals surface area contributed by atoms with E-state index in [0.717, 1.165) is 50.2 Å². The highest BCUT2D eigenvalue weighted by molar-refractivity contribution is 8.26. The Morgan fingerprint density at radius 3 is 2.38 bits per heavy atom. The highest BCUT2D eigenvalue weighted by Crippen LogP contribution is 2.37. The van der Waals surface area contributed by atoms with Gasteiger partial charge in [-0.2, -0.15) is 5.26 Å². The predicted molar refractivity (Wildman–Crippen MR) is 136 cm³/mol. The Labute approximate surface area is 200 Å². The molecule has 0 atom stereocenters. The fourth-order valence-corrected chi connectivity index (χ4v) is 5.85. The van der Waals surface area contributed by atoms with Gasteiger partial charge in [0.1, 0.15) is 21.8 Å². The number of aromatic nitrogens is 1. The molecular weight excluding hydrogens is 440 g/mol. The number of amides is 1. The summed E-state index contributed by atoms with van der Waals surface area (Å²) in [7, 11) is 0. The number of hydrogen-bond donors (Lipinski definition) is 0. The van der Waals surface area contributed by atoms with Gasteiger partial charge in [0.05, 0.1) is 4.91 Å². The summed E-state index contributed by atoms with van der Waals surface area (Å²) in [5, 5.41) is 9.79. The molecule has 0 N–H and O–H groups in total. The minimum atomic E-state index is -0.232. The molecule has 0 saturated carbocycles. The van der Waals surface area contributed by atoms with Crippen LogP contribution in [0.5, 0.6) is 0 Å². The van der Waals surface area contributed by atoms with Gasteiger partial charge in [0.25, 0.3) is 11.5 Å².